The number of fused-ring (bicyclic) bond motifs is 1. The van der Waals surface area contributed by atoms with Gasteiger partial charge in [0.25, 0.3) is 5.69 Å². The van der Waals surface area contributed by atoms with Gasteiger partial charge >= 0.3 is 0 Å². The third kappa shape index (κ3) is 4.40. The maximum absolute atomic E-state index is 13.1. The van der Waals surface area contributed by atoms with Crippen LogP contribution >= 0.6 is 11.8 Å². The summed E-state index contributed by atoms with van der Waals surface area (Å²) >= 11 is 1.32. The molecule has 0 radical (unpaired) electrons. The maximum atomic E-state index is 13.1. The summed E-state index contributed by atoms with van der Waals surface area (Å²) < 4.78 is 1.96. The predicted molar refractivity (Wildman–Crippen MR) is 134 cm³/mol. The second-order valence-corrected chi connectivity index (χ2v) is 9.24. The minimum absolute atomic E-state index is 0.0394. The molecule has 3 heterocycles. The Kier molecular flexibility index (Phi) is 6.04. The molecule has 9 nitrogen and oxygen atoms in total. The third-order valence-corrected chi connectivity index (χ3v) is 7.03. The van der Waals surface area contributed by atoms with Gasteiger partial charge in [0, 0.05) is 42.3 Å². The van der Waals surface area contributed by atoms with Crippen LogP contribution in [0.15, 0.2) is 66.1 Å². The minimum Gasteiger partial charge on any atom is -0.311 e. The van der Waals surface area contributed by atoms with Gasteiger partial charge in [-0.15, -0.1) is 10.2 Å². The number of nitro benzene ring substituents is 1. The Morgan fingerprint density at radius 3 is 2.60 bits per heavy atom. The van der Waals surface area contributed by atoms with Gasteiger partial charge in [0.05, 0.1) is 16.4 Å². The van der Waals surface area contributed by atoms with Crippen LogP contribution in [0.25, 0.3) is 17.1 Å². The lowest BCUT2D eigenvalue weighted by molar-refractivity contribution is -0.384. The molecule has 0 saturated carbocycles. The van der Waals surface area contributed by atoms with Gasteiger partial charge in [0.15, 0.2) is 11.0 Å². The number of nitro groups is 1. The molecule has 0 N–H and O–H groups in total. The molecule has 0 atom stereocenters. The van der Waals surface area contributed by atoms with E-state index in [4.69, 9.17) is 0 Å². The predicted octanol–water partition coefficient (Wildman–Crippen LogP) is 4.54. The topological polar surface area (TPSA) is 107 Å². The fourth-order valence-electron chi connectivity index (χ4n) is 4.11. The lowest BCUT2D eigenvalue weighted by atomic mass is 10.1. The van der Waals surface area contributed by atoms with Crippen LogP contribution in [-0.2, 0) is 11.2 Å². The Balaban J connectivity index is 1.42. The van der Waals surface area contributed by atoms with Crippen molar-refractivity contribution in [3.63, 3.8) is 0 Å². The molecule has 0 unspecified atom stereocenters. The molecular weight excluding hydrogens is 464 g/mol. The summed E-state index contributed by atoms with van der Waals surface area (Å²) in [6.07, 6.45) is 4.01. The summed E-state index contributed by atoms with van der Waals surface area (Å²) in [6.45, 7) is 4.62. The molecule has 2 aromatic carbocycles. The van der Waals surface area contributed by atoms with Gasteiger partial charge in [0.1, 0.15) is 0 Å². The number of nitrogens with zero attached hydrogens (tertiary/aromatic N) is 6. The van der Waals surface area contributed by atoms with Gasteiger partial charge in [-0.05, 0) is 67.3 Å². The molecule has 35 heavy (non-hydrogen) atoms. The smallest absolute Gasteiger partial charge is 0.269 e. The lowest BCUT2D eigenvalue weighted by Gasteiger charge is -2.17. The number of amides is 1. The van der Waals surface area contributed by atoms with Gasteiger partial charge in [-0.2, -0.15) is 0 Å². The number of benzene rings is 2. The molecule has 176 valence electrons. The summed E-state index contributed by atoms with van der Waals surface area (Å²) in [7, 11) is 0. The van der Waals surface area contributed by atoms with Crippen LogP contribution in [0.4, 0.5) is 11.4 Å². The first-order valence-corrected chi connectivity index (χ1v) is 12.0. The van der Waals surface area contributed by atoms with Gasteiger partial charge in [0.2, 0.25) is 5.91 Å². The molecule has 1 aliphatic rings. The van der Waals surface area contributed by atoms with E-state index in [1.165, 1.54) is 23.4 Å². The first-order chi connectivity index (χ1) is 16.9. The highest BCUT2D eigenvalue weighted by molar-refractivity contribution is 7.99. The number of aryl methyl sites for hydroxylation is 2. The van der Waals surface area contributed by atoms with Gasteiger partial charge in [-0.25, -0.2) is 0 Å². The maximum Gasteiger partial charge on any atom is 0.269 e. The number of hydrogen-bond donors (Lipinski definition) is 0. The highest BCUT2D eigenvalue weighted by atomic mass is 32.2. The van der Waals surface area contributed by atoms with Crippen molar-refractivity contribution in [3.05, 3.63) is 87.7 Å². The quantitative estimate of drug-likeness (QED) is 0.224. The van der Waals surface area contributed by atoms with Crippen molar-refractivity contribution in [2.75, 3.05) is 17.2 Å². The van der Waals surface area contributed by atoms with Crippen LogP contribution in [0.1, 0.15) is 16.7 Å². The zero-order valence-corrected chi connectivity index (χ0v) is 20.0. The Bertz CT molecular complexity index is 1440. The van der Waals surface area contributed by atoms with Crippen molar-refractivity contribution in [3.8, 4) is 17.1 Å². The largest absolute Gasteiger partial charge is 0.311 e. The molecule has 5 rings (SSSR count). The normalized spacial score (nSPS) is 12.6. The van der Waals surface area contributed by atoms with E-state index in [-0.39, 0.29) is 17.3 Å². The summed E-state index contributed by atoms with van der Waals surface area (Å²) in [5.41, 5.74) is 5.71. The average Bonchev–Trinajstić information content (AvgIpc) is 3.49. The number of anilines is 1. The molecule has 10 heteroatoms. The average molecular weight is 487 g/mol. The van der Waals surface area contributed by atoms with E-state index >= 15 is 0 Å². The van der Waals surface area contributed by atoms with Crippen molar-refractivity contribution in [1.29, 1.82) is 0 Å². The zero-order valence-electron chi connectivity index (χ0n) is 19.2. The van der Waals surface area contributed by atoms with E-state index in [1.54, 1.807) is 29.4 Å². The summed E-state index contributed by atoms with van der Waals surface area (Å²) in [5.74, 6) is 0.752. The van der Waals surface area contributed by atoms with Crippen LogP contribution in [0.5, 0.6) is 0 Å². The van der Waals surface area contributed by atoms with E-state index in [1.807, 2.05) is 22.8 Å². The van der Waals surface area contributed by atoms with Gasteiger partial charge < -0.3 is 4.90 Å². The Morgan fingerprint density at radius 2 is 1.86 bits per heavy atom. The SMILES string of the molecule is Cc1ccc(-n2c(SCC(=O)N3CCc4cc([N+](=O)[O-])ccc43)nnc2-c2ccncc2)cc1C. The number of rotatable bonds is 6. The highest BCUT2D eigenvalue weighted by Gasteiger charge is 2.27. The van der Waals surface area contributed by atoms with Crippen LogP contribution in [0.2, 0.25) is 0 Å². The summed E-state index contributed by atoms with van der Waals surface area (Å²) in [6, 6.07) is 14.6. The third-order valence-electron chi connectivity index (χ3n) is 6.12. The van der Waals surface area contributed by atoms with E-state index in [2.05, 4.69) is 41.2 Å². The molecule has 0 spiro atoms. The summed E-state index contributed by atoms with van der Waals surface area (Å²) in [5, 5.41) is 20.5. The van der Waals surface area contributed by atoms with E-state index in [0.717, 1.165) is 28.1 Å². The fourth-order valence-corrected chi connectivity index (χ4v) is 4.94. The summed E-state index contributed by atoms with van der Waals surface area (Å²) in [4.78, 5) is 29.6. The first kappa shape index (κ1) is 22.7. The molecular formula is C25H22N6O3S. The zero-order chi connectivity index (χ0) is 24.5. The molecule has 0 bridgehead atoms. The van der Waals surface area contributed by atoms with E-state index in [9.17, 15) is 14.9 Å². The van der Waals surface area contributed by atoms with Gasteiger partial charge in [-0.1, -0.05) is 17.8 Å². The van der Waals surface area contributed by atoms with E-state index < -0.39 is 4.92 Å². The molecule has 1 aliphatic heterocycles. The second kappa shape index (κ2) is 9.30. The number of non-ortho nitro benzene ring substituents is 1. The molecule has 1 amide bonds. The van der Waals surface area contributed by atoms with Crippen molar-refractivity contribution in [2.45, 2.75) is 25.4 Å². The fraction of sp³-hybridized carbons (Fsp3) is 0.200. The molecule has 0 saturated heterocycles. The van der Waals surface area contributed by atoms with Crippen molar-refractivity contribution in [1.82, 2.24) is 19.7 Å². The molecule has 4 aromatic rings. The van der Waals surface area contributed by atoms with Crippen molar-refractivity contribution < 1.29 is 9.72 Å². The Labute approximate surface area is 206 Å². The molecule has 2 aromatic heterocycles. The van der Waals surface area contributed by atoms with Crippen LogP contribution in [0.3, 0.4) is 0 Å². The van der Waals surface area contributed by atoms with Crippen LogP contribution < -0.4 is 4.90 Å². The van der Waals surface area contributed by atoms with Gasteiger partial charge in [-0.3, -0.25) is 24.5 Å². The number of carbonyl (C=O) groups is 1. The van der Waals surface area contributed by atoms with Crippen molar-refractivity contribution >= 4 is 29.0 Å². The number of thioether (sulfide) groups is 1. The van der Waals surface area contributed by atoms with Crippen molar-refractivity contribution in [2.24, 2.45) is 0 Å². The Morgan fingerprint density at radius 1 is 1.06 bits per heavy atom. The number of aromatic nitrogens is 4. The number of hydrogen-bond acceptors (Lipinski definition) is 7. The molecule has 0 aliphatic carbocycles. The number of pyridine rings is 1. The van der Waals surface area contributed by atoms with Crippen LogP contribution in [0, 0.1) is 24.0 Å². The monoisotopic (exact) mass is 486 g/mol. The minimum atomic E-state index is -0.416. The standard InChI is InChI=1S/C25H22N6O3S/c1-16-3-4-20(13-17(16)2)30-24(18-7-10-26-11-8-18)27-28-25(30)35-15-23(32)29-12-9-19-14-21(31(33)34)5-6-22(19)29/h3-8,10-11,13-14H,9,12,15H2,1-2H3. The lowest BCUT2D eigenvalue weighted by Crippen LogP contribution is -2.30. The first-order valence-electron chi connectivity index (χ1n) is 11.1. The second-order valence-electron chi connectivity index (χ2n) is 8.30. The Hall–Kier alpha value is -4.05. The van der Waals surface area contributed by atoms with Crippen LogP contribution in [-0.4, -0.2) is 42.9 Å². The number of carbonyl (C=O) groups excluding carboxylic acids is 1. The van der Waals surface area contributed by atoms with E-state index in [0.29, 0.717) is 23.9 Å². The molecule has 0 fully saturated rings. The highest BCUT2D eigenvalue weighted by Crippen LogP contribution is 2.33.